The second kappa shape index (κ2) is 16.3. The highest BCUT2D eigenvalue weighted by molar-refractivity contribution is 6.32. The third kappa shape index (κ3) is 8.47. The number of nitro benzene ring substituents is 1. The molecule has 44 heavy (non-hydrogen) atoms. The number of unbranched alkanes of at least 4 members (excludes halogenated alkanes) is 1. The molecule has 1 aliphatic rings. The number of nitrogens with one attached hydrogen (secondary N) is 2. The van der Waals surface area contributed by atoms with Crippen LogP contribution in [0, 0.1) is 21.4 Å². The highest BCUT2D eigenvalue weighted by Gasteiger charge is 2.41. The number of carbonyl (C=O) groups excluding carboxylic acids is 2. The summed E-state index contributed by atoms with van der Waals surface area (Å²) in [5, 5.41) is 37.9. The van der Waals surface area contributed by atoms with Crippen LogP contribution in [0.3, 0.4) is 0 Å². The molecule has 0 aliphatic carbocycles. The van der Waals surface area contributed by atoms with Gasteiger partial charge in [0.25, 0.3) is 5.69 Å². The summed E-state index contributed by atoms with van der Waals surface area (Å²) in [7, 11) is 2.28. The van der Waals surface area contributed by atoms with E-state index in [0.717, 1.165) is 14.2 Å². The van der Waals surface area contributed by atoms with Crippen LogP contribution < -0.4 is 20.1 Å². The summed E-state index contributed by atoms with van der Waals surface area (Å²) in [6, 6.07) is 12.7. The topological polar surface area (TPSA) is 182 Å². The Kier molecular flexibility index (Phi) is 12.5. The number of aliphatic hydroxyl groups excluding tert-OH is 1. The molecule has 0 bridgehead atoms. The largest absolute Gasteiger partial charge is 0.493 e. The Morgan fingerprint density at radius 1 is 1.11 bits per heavy atom. The van der Waals surface area contributed by atoms with Crippen molar-refractivity contribution in [3.63, 3.8) is 0 Å². The number of dihydropyridines is 1. The Morgan fingerprint density at radius 2 is 1.82 bits per heavy atom. The SMILES string of the molecule is COC(=O)C1=C(C)NC(C#N)=C(C(=O)OC)C1c1cc([N+](=O)[O-])ccc1OCCCCNCC(O)COc1ccccc1Cl. The van der Waals surface area contributed by atoms with E-state index < -0.39 is 28.9 Å². The second-order valence-corrected chi connectivity index (χ2v) is 10.0. The molecule has 0 spiro atoms. The number of nitriles is 1. The van der Waals surface area contributed by atoms with Crippen molar-refractivity contribution >= 4 is 29.2 Å². The van der Waals surface area contributed by atoms with Crippen LogP contribution in [0.2, 0.25) is 5.02 Å². The van der Waals surface area contributed by atoms with Crippen molar-refractivity contribution in [2.75, 3.05) is 40.5 Å². The van der Waals surface area contributed by atoms with Gasteiger partial charge in [-0.25, -0.2) is 9.59 Å². The van der Waals surface area contributed by atoms with Gasteiger partial charge >= 0.3 is 11.9 Å². The Labute approximate surface area is 259 Å². The lowest BCUT2D eigenvalue weighted by molar-refractivity contribution is -0.384. The first-order valence-corrected chi connectivity index (χ1v) is 14.0. The summed E-state index contributed by atoms with van der Waals surface area (Å²) in [6.07, 6.45) is 0.460. The average molecular weight is 629 g/mol. The van der Waals surface area contributed by atoms with Crippen molar-refractivity contribution in [3.8, 4) is 17.6 Å². The molecule has 3 rings (SSSR count). The van der Waals surface area contributed by atoms with Crippen LogP contribution in [0.25, 0.3) is 0 Å². The Bertz CT molecular complexity index is 1490. The van der Waals surface area contributed by atoms with E-state index in [4.69, 9.17) is 30.5 Å². The normalized spacial score (nSPS) is 15.1. The maximum Gasteiger partial charge on any atom is 0.337 e. The molecule has 0 amide bonds. The van der Waals surface area contributed by atoms with Gasteiger partial charge in [-0.1, -0.05) is 23.7 Å². The summed E-state index contributed by atoms with van der Waals surface area (Å²) in [5.74, 6) is -2.30. The molecule has 0 aromatic heterocycles. The maximum absolute atomic E-state index is 12.9. The van der Waals surface area contributed by atoms with E-state index in [0.29, 0.717) is 36.7 Å². The van der Waals surface area contributed by atoms with Crippen LogP contribution in [0.15, 0.2) is 65.0 Å². The van der Waals surface area contributed by atoms with Crippen LogP contribution in [0.4, 0.5) is 5.69 Å². The fourth-order valence-corrected chi connectivity index (χ4v) is 4.74. The number of halogens is 1. The molecule has 14 heteroatoms. The highest BCUT2D eigenvalue weighted by Crippen LogP contribution is 2.44. The number of nitro groups is 1. The predicted octanol–water partition coefficient (Wildman–Crippen LogP) is 3.52. The molecule has 0 fully saturated rings. The van der Waals surface area contributed by atoms with E-state index in [2.05, 4.69) is 10.6 Å². The summed E-state index contributed by atoms with van der Waals surface area (Å²) in [6.45, 7) is 2.63. The van der Waals surface area contributed by atoms with Crippen molar-refractivity contribution in [2.45, 2.75) is 31.8 Å². The number of benzene rings is 2. The van der Waals surface area contributed by atoms with Gasteiger partial charge in [0.1, 0.15) is 36.0 Å². The zero-order valence-corrected chi connectivity index (χ0v) is 25.2. The Balaban J connectivity index is 1.71. The number of non-ortho nitro benzene ring substituents is 1. The minimum Gasteiger partial charge on any atom is -0.493 e. The molecule has 234 valence electrons. The maximum atomic E-state index is 12.9. The summed E-state index contributed by atoms with van der Waals surface area (Å²) in [4.78, 5) is 36.8. The second-order valence-electron chi connectivity index (χ2n) is 9.61. The Hall–Kier alpha value is -4.64. The van der Waals surface area contributed by atoms with Crippen molar-refractivity contribution in [3.05, 3.63) is 85.7 Å². The number of methoxy groups -OCH3 is 2. The van der Waals surface area contributed by atoms with Crippen molar-refractivity contribution in [1.29, 1.82) is 5.26 Å². The number of carbonyl (C=O) groups is 2. The average Bonchev–Trinajstić information content (AvgIpc) is 3.02. The van der Waals surface area contributed by atoms with Gasteiger partial charge in [-0.3, -0.25) is 10.1 Å². The van der Waals surface area contributed by atoms with E-state index >= 15 is 0 Å². The van der Waals surface area contributed by atoms with Crippen LogP contribution in [-0.4, -0.2) is 68.6 Å². The molecule has 0 saturated heterocycles. The first-order chi connectivity index (χ1) is 21.1. The molecule has 0 saturated carbocycles. The zero-order chi connectivity index (χ0) is 32.2. The molecular weight excluding hydrogens is 596 g/mol. The Morgan fingerprint density at radius 3 is 2.48 bits per heavy atom. The number of esters is 2. The molecule has 1 heterocycles. The number of para-hydroxylation sites is 1. The summed E-state index contributed by atoms with van der Waals surface area (Å²) < 4.78 is 21.4. The first kappa shape index (κ1) is 33.9. The number of ether oxygens (including phenoxy) is 4. The monoisotopic (exact) mass is 628 g/mol. The fraction of sp³-hybridized carbons (Fsp3) is 0.367. The van der Waals surface area contributed by atoms with Crippen molar-refractivity contribution in [1.82, 2.24) is 10.6 Å². The molecule has 13 nitrogen and oxygen atoms in total. The molecule has 1 aliphatic heterocycles. The van der Waals surface area contributed by atoms with Crippen molar-refractivity contribution in [2.24, 2.45) is 0 Å². The molecule has 0 radical (unpaired) electrons. The highest BCUT2D eigenvalue weighted by atomic mass is 35.5. The van der Waals surface area contributed by atoms with Gasteiger partial charge in [0.2, 0.25) is 0 Å². The fourth-order valence-electron chi connectivity index (χ4n) is 4.55. The lowest BCUT2D eigenvalue weighted by Crippen LogP contribution is -2.32. The molecule has 2 atom stereocenters. The lowest BCUT2D eigenvalue weighted by atomic mass is 9.79. The summed E-state index contributed by atoms with van der Waals surface area (Å²) >= 11 is 6.05. The minimum atomic E-state index is -1.25. The van der Waals surface area contributed by atoms with E-state index in [-0.39, 0.29) is 52.8 Å². The van der Waals surface area contributed by atoms with Crippen LogP contribution >= 0.6 is 11.6 Å². The number of allylic oxidation sites excluding steroid dienone is 2. The van der Waals surface area contributed by atoms with E-state index in [1.807, 2.05) is 6.07 Å². The quantitative estimate of drug-likeness (QED) is 0.113. The van der Waals surface area contributed by atoms with Gasteiger partial charge in [-0.2, -0.15) is 5.26 Å². The summed E-state index contributed by atoms with van der Waals surface area (Å²) in [5.41, 5.74) is -0.375. The zero-order valence-electron chi connectivity index (χ0n) is 24.4. The smallest absolute Gasteiger partial charge is 0.337 e. The van der Waals surface area contributed by atoms with Crippen molar-refractivity contribution < 1.29 is 38.6 Å². The lowest BCUT2D eigenvalue weighted by Gasteiger charge is -2.29. The van der Waals surface area contributed by atoms with Crippen LogP contribution in [0.1, 0.15) is 31.2 Å². The molecule has 2 aromatic rings. The van der Waals surface area contributed by atoms with Crippen LogP contribution in [-0.2, 0) is 19.1 Å². The van der Waals surface area contributed by atoms with Gasteiger partial charge in [0, 0.05) is 29.9 Å². The van der Waals surface area contributed by atoms with Gasteiger partial charge in [-0.05, 0) is 44.5 Å². The molecule has 2 aromatic carbocycles. The van der Waals surface area contributed by atoms with Gasteiger partial charge in [0.05, 0.1) is 47.8 Å². The third-order valence-electron chi connectivity index (χ3n) is 6.65. The first-order valence-electron chi connectivity index (χ1n) is 13.6. The molecular formula is C30H33ClN4O9. The van der Waals surface area contributed by atoms with Gasteiger partial charge in [0.15, 0.2) is 0 Å². The van der Waals surface area contributed by atoms with E-state index in [1.165, 1.54) is 25.1 Å². The number of rotatable bonds is 15. The minimum absolute atomic E-state index is 0.0291. The number of hydrogen-bond donors (Lipinski definition) is 3. The van der Waals surface area contributed by atoms with Gasteiger partial charge in [-0.15, -0.1) is 0 Å². The van der Waals surface area contributed by atoms with E-state index in [9.17, 15) is 30.1 Å². The van der Waals surface area contributed by atoms with Crippen LogP contribution in [0.5, 0.6) is 11.5 Å². The van der Waals surface area contributed by atoms with Gasteiger partial charge < -0.3 is 34.7 Å². The number of nitrogens with zero attached hydrogens (tertiary/aromatic N) is 2. The standard InChI is InChI=1S/C30H33ClN4O9/c1-18-26(29(37)41-2)27(28(30(38)42-3)23(15-32)34-18)21-14-19(35(39)40)10-11-24(21)43-13-7-6-12-33-16-20(36)17-44-25-9-5-4-8-22(25)31/h4-5,8-11,14,20,27,33-34,36H,6-7,12-13,16-17H2,1-3H3. The molecule has 2 unspecified atom stereocenters. The molecule has 3 N–H and O–H groups in total. The third-order valence-corrected chi connectivity index (χ3v) is 6.97. The van der Waals surface area contributed by atoms with E-state index in [1.54, 1.807) is 24.3 Å². The number of aliphatic hydroxyl groups is 1. The number of hydrogen-bond acceptors (Lipinski definition) is 12. The predicted molar refractivity (Wildman–Crippen MR) is 159 cm³/mol.